The lowest BCUT2D eigenvalue weighted by molar-refractivity contribution is -0.0324. The molecular formula is C10H22N2O3. The van der Waals surface area contributed by atoms with Gasteiger partial charge in [-0.2, -0.15) is 0 Å². The van der Waals surface area contributed by atoms with Crippen LogP contribution in [0.15, 0.2) is 0 Å². The van der Waals surface area contributed by atoms with Gasteiger partial charge in [-0.25, -0.2) is 4.79 Å². The van der Waals surface area contributed by atoms with Crippen molar-refractivity contribution in [2.45, 2.75) is 39.8 Å². The van der Waals surface area contributed by atoms with Crippen molar-refractivity contribution in [3.8, 4) is 0 Å². The fourth-order valence-electron chi connectivity index (χ4n) is 1.57. The standard InChI is InChI=1S/C10H22N2O3/c1-5-15-8(10(2,3)4)7(6-11)12-9(13)14/h7-8,12H,5-6,11H2,1-4H3,(H,13,14)/t7?,8-/m0/s1. The maximum absolute atomic E-state index is 10.6. The summed E-state index contributed by atoms with van der Waals surface area (Å²) in [6.45, 7) is 8.65. The van der Waals surface area contributed by atoms with Crippen LogP contribution in [0.5, 0.6) is 0 Å². The summed E-state index contributed by atoms with van der Waals surface area (Å²) in [5.74, 6) is 0. The minimum Gasteiger partial charge on any atom is -0.465 e. The van der Waals surface area contributed by atoms with Gasteiger partial charge in [0.2, 0.25) is 0 Å². The molecule has 0 fully saturated rings. The molecule has 0 aliphatic carbocycles. The van der Waals surface area contributed by atoms with Crippen LogP contribution in [0.4, 0.5) is 4.79 Å². The molecule has 0 bridgehead atoms. The van der Waals surface area contributed by atoms with E-state index in [0.717, 1.165) is 0 Å². The number of rotatable bonds is 5. The third-order valence-corrected chi connectivity index (χ3v) is 2.13. The van der Waals surface area contributed by atoms with Crippen molar-refractivity contribution in [1.82, 2.24) is 5.32 Å². The molecular weight excluding hydrogens is 196 g/mol. The Bertz CT molecular complexity index is 201. The Kier molecular flexibility index (Phi) is 5.60. The minimum atomic E-state index is -1.07. The molecule has 2 atom stereocenters. The summed E-state index contributed by atoms with van der Waals surface area (Å²) in [6.07, 6.45) is -1.29. The lowest BCUT2D eigenvalue weighted by Crippen LogP contribution is -2.53. The fraction of sp³-hybridized carbons (Fsp3) is 0.900. The van der Waals surface area contributed by atoms with E-state index in [1.54, 1.807) is 0 Å². The highest BCUT2D eigenvalue weighted by Crippen LogP contribution is 2.24. The lowest BCUT2D eigenvalue weighted by Gasteiger charge is -2.36. The van der Waals surface area contributed by atoms with Crippen molar-refractivity contribution in [2.75, 3.05) is 13.2 Å². The van der Waals surface area contributed by atoms with Crippen LogP contribution in [0.2, 0.25) is 0 Å². The van der Waals surface area contributed by atoms with Gasteiger partial charge < -0.3 is 20.9 Å². The maximum atomic E-state index is 10.6. The lowest BCUT2D eigenvalue weighted by atomic mass is 9.84. The summed E-state index contributed by atoms with van der Waals surface area (Å²) in [7, 11) is 0. The minimum absolute atomic E-state index is 0.150. The first-order valence-corrected chi connectivity index (χ1v) is 5.14. The van der Waals surface area contributed by atoms with Crippen molar-refractivity contribution in [2.24, 2.45) is 11.1 Å². The molecule has 0 aromatic heterocycles. The van der Waals surface area contributed by atoms with Gasteiger partial charge in [0, 0.05) is 13.2 Å². The summed E-state index contributed by atoms with van der Waals surface area (Å²) >= 11 is 0. The van der Waals surface area contributed by atoms with E-state index in [4.69, 9.17) is 15.6 Å². The van der Waals surface area contributed by atoms with E-state index in [0.29, 0.717) is 6.61 Å². The normalized spacial score (nSPS) is 15.8. The van der Waals surface area contributed by atoms with Crippen LogP contribution in [-0.4, -0.2) is 36.5 Å². The molecule has 0 saturated heterocycles. The average Bonchev–Trinajstić information content (AvgIpc) is 2.08. The molecule has 0 aliphatic rings. The predicted molar refractivity (Wildman–Crippen MR) is 58.9 cm³/mol. The Morgan fingerprint density at radius 3 is 2.33 bits per heavy atom. The van der Waals surface area contributed by atoms with E-state index in [1.165, 1.54) is 0 Å². The number of carboxylic acid groups (broad SMARTS) is 1. The van der Waals surface area contributed by atoms with Gasteiger partial charge in [-0.05, 0) is 12.3 Å². The van der Waals surface area contributed by atoms with E-state index in [1.807, 2.05) is 27.7 Å². The van der Waals surface area contributed by atoms with Crippen LogP contribution >= 0.6 is 0 Å². The molecule has 5 nitrogen and oxygen atoms in total. The van der Waals surface area contributed by atoms with Crippen LogP contribution in [-0.2, 0) is 4.74 Å². The van der Waals surface area contributed by atoms with E-state index in [9.17, 15) is 4.79 Å². The van der Waals surface area contributed by atoms with Gasteiger partial charge in [0.15, 0.2) is 0 Å². The molecule has 15 heavy (non-hydrogen) atoms. The Morgan fingerprint density at radius 1 is 1.53 bits per heavy atom. The number of amides is 1. The molecule has 1 unspecified atom stereocenters. The topological polar surface area (TPSA) is 84.6 Å². The zero-order chi connectivity index (χ0) is 12.1. The molecule has 0 aromatic carbocycles. The van der Waals surface area contributed by atoms with Crippen molar-refractivity contribution >= 4 is 6.09 Å². The highest BCUT2D eigenvalue weighted by atomic mass is 16.5. The van der Waals surface area contributed by atoms with Crippen LogP contribution in [0.3, 0.4) is 0 Å². The first-order chi connectivity index (χ1) is 6.82. The number of hydrogen-bond donors (Lipinski definition) is 3. The predicted octanol–water partition coefficient (Wildman–Crippen LogP) is 1.03. The second kappa shape index (κ2) is 5.92. The number of ether oxygens (including phenoxy) is 1. The van der Waals surface area contributed by atoms with Gasteiger partial charge in [-0.3, -0.25) is 0 Å². The maximum Gasteiger partial charge on any atom is 0.405 e. The van der Waals surface area contributed by atoms with Gasteiger partial charge in [-0.1, -0.05) is 20.8 Å². The Hall–Kier alpha value is -0.810. The van der Waals surface area contributed by atoms with Crippen LogP contribution in [0.1, 0.15) is 27.7 Å². The Labute approximate surface area is 91.0 Å². The van der Waals surface area contributed by atoms with E-state index in [-0.39, 0.29) is 24.1 Å². The summed E-state index contributed by atoms with van der Waals surface area (Å²) in [4.78, 5) is 10.6. The molecule has 1 amide bonds. The number of nitrogens with one attached hydrogen (secondary N) is 1. The Balaban J connectivity index is 4.62. The second-order valence-corrected chi connectivity index (χ2v) is 4.53. The van der Waals surface area contributed by atoms with E-state index in [2.05, 4.69) is 5.32 Å². The molecule has 0 rings (SSSR count). The first-order valence-electron chi connectivity index (χ1n) is 5.14. The SMILES string of the molecule is CCO[C@@H](C(CN)NC(=O)O)C(C)(C)C. The summed E-state index contributed by atoms with van der Waals surface area (Å²) in [6, 6.07) is -0.373. The molecule has 0 aliphatic heterocycles. The third kappa shape index (κ3) is 4.99. The Morgan fingerprint density at radius 2 is 2.07 bits per heavy atom. The molecule has 0 saturated carbocycles. The molecule has 5 heteroatoms. The van der Waals surface area contributed by atoms with Crippen LogP contribution in [0.25, 0.3) is 0 Å². The highest BCUT2D eigenvalue weighted by molar-refractivity contribution is 5.65. The monoisotopic (exact) mass is 218 g/mol. The van der Waals surface area contributed by atoms with Crippen molar-refractivity contribution < 1.29 is 14.6 Å². The summed E-state index contributed by atoms with van der Waals surface area (Å²) < 4.78 is 5.55. The molecule has 0 heterocycles. The zero-order valence-electron chi connectivity index (χ0n) is 9.91. The molecule has 0 aromatic rings. The largest absolute Gasteiger partial charge is 0.465 e. The van der Waals surface area contributed by atoms with Gasteiger partial charge in [0.05, 0.1) is 12.1 Å². The van der Waals surface area contributed by atoms with Crippen molar-refractivity contribution in [3.05, 3.63) is 0 Å². The van der Waals surface area contributed by atoms with Gasteiger partial charge in [0.1, 0.15) is 0 Å². The molecule has 4 N–H and O–H groups in total. The van der Waals surface area contributed by atoms with Crippen LogP contribution < -0.4 is 11.1 Å². The van der Waals surface area contributed by atoms with Crippen molar-refractivity contribution in [1.29, 1.82) is 0 Å². The smallest absolute Gasteiger partial charge is 0.405 e. The highest BCUT2D eigenvalue weighted by Gasteiger charge is 2.33. The number of carbonyl (C=O) groups is 1. The molecule has 0 spiro atoms. The van der Waals surface area contributed by atoms with Gasteiger partial charge in [-0.15, -0.1) is 0 Å². The quantitative estimate of drug-likeness (QED) is 0.643. The van der Waals surface area contributed by atoms with Crippen LogP contribution in [0, 0.1) is 5.41 Å². The van der Waals surface area contributed by atoms with E-state index < -0.39 is 6.09 Å². The average molecular weight is 218 g/mol. The summed E-state index contributed by atoms with van der Waals surface area (Å²) in [5, 5.41) is 11.1. The van der Waals surface area contributed by atoms with E-state index >= 15 is 0 Å². The van der Waals surface area contributed by atoms with Gasteiger partial charge in [0.25, 0.3) is 0 Å². The fourth-order valence-corrected chi connectivity index (χ4v) is 1.57. The van der Waals surface area contributed by atoms with Crippen molar-refractivity contribution in [3.63, 3.8) is 0 Å². The third-order valence-electron chi connectivity index (χ3n) is 2.13. The number of hydrogen-bond acceptors (Lipinski definition) is 3. The molecule has 0 radical (unpaired) electrons. The summed E-state index contributed by atoms with van der Waals surface area (Å²) in [5.41, 5.74) is 5.39. The zero-order valence-corrected chi connectivity index (χ0v) is 9.91. The van der Waals surface area contributed by atoms with Gasteiger partial charge >= 0.3 is 6.09 Å². The number of nitrogens with two attached hydrogens (primary N) is 1. The second-order valence-electron chi connectivity index (χ2n) is 4.53. The first kappa shape index (κ1) is 14.2. The molecule has 90 valence electrons.